The zero-order chi connectivity index (χ0) is 22.5. The van der Waals surface area contributed by atoms with Crippen LogP contribution < -0.4 is 4.74 Å². The second-order valence-electron chi connectivity index (χ2n) is 8.32. The van der Waals surface area contributed by atoms with Crippen molar-refractivity contribution < 1.29 is 24.1 Å². The Morgan fingerprint density at radius 2 is 1.68 bits per heavy atom. The highest BCUT2D eigenvalue weighted by Gasteiger charge is 2.32. The Bertz CT molecular complexity index is 878. The summed E-state index contributed by atoms with van der Waals surface area (Å²) < 4.78 is 18.9. The molecule has 6 nitrogen and oxygen atoms in total. The summed E-state index contributed by atoms with van der Waals surface area (Å²) in [6, 6.07) is 10.2. The number of amides is 1. The number of carbonyl (C=O) groups excluding carboxylic acids is 1. The van der Waals surface area contributed by atoms with E-state index in [2.05, 4.69) is 11.8 Å². The Kier molecular flexibility index (Phi) is 7.64. The summed E-state index contributed by atoms with van der Waals surface area (Å²) in [5.41, 5.74) is 3.06. The first kappa shape index (κ1) is 23.2. The van der Waals surface area contributed by atoms with Crippen LogP contribution in [-0.4, -0.2) is 57.7 Å². The van der Waals surface area contributed by atoms with E-state index in [0.29, 0.717) is 36.5 Å². The highest BCUT2D eigenvalue weighted by molar-refractivity contribution is 5.78. The summed E-state index contributed by atoms with van der Waals surface area (Å²) in [6.45, 7) is 7.32. The SMILES string of the molecule is Cc1cc(CO)c(OCC(=O)N2CC(C)N(Cc3ccc(F)cc3)CC2C)c(CO)c1. The van der Waals surface area contributed by atoms with Gasteiger partial charge in [-0.25, -0.2) is 4.39 Å². The zero-order valence-electron chi connectivity index (χ0n) is 18.3. The van der Waals surface area contributed by atoms with Crippen molar-refractivity contribution in [1.29, 1.82) is 0 Å². The largest absolute Gasteiger partial charge is 0.483 e. The fraction of sp³-hybridized carbons (Fsp3) is 0.458. The molecular formula is C24H31FN2O4. The number of aryl methyl sites for hydroxylation is 1. The van der Waals surface area contributed by atoms with Crippen molar-refractivity contribution in [3.05, 3.63) is 64.5 Å². The zero-order valence-corrected chi connectivity index (χ0v) is 18.3. The van der Waals surface area contributed by atoms with E-state index in [0.717, 1.165) is 11.1 Å². The molecular weight excluding hydrogens is 399 g/mol. The second-order valence-corrected chi connectivity index (χ2v) is 8.32. The molecule has 2 aromatic rings. The molecule has 1 fully saturated rings. The van der Waals surface area contributed by atoms with Gasteiger partial charge in [0.1, 0.15) is 11.6 Å². The first-order valence-electron chi connectivity index (χ1n) is 10.6. The molecule has 0 aromatic heterocycles. The first-order chi connectivity index (χ1) is 14.8. The maximum Gasteiger partial charge on any atom is 0.260 e. The minimum atomic E-state index is -0.247. The number of benzene rings is 2. The predicted octanol–water partition coefficient (Wildman–Crippen LogP) is 2.62. The van der Waals surface area contributed by atoms with Gasteiger partial charge in [0.2, 0.25) is 0 Å². The van der Waals surface area contributed by atoms with Gasteiger partial charge in [0.25, 0.3) is 5.91 Å². The van der Waals surface area contributed by atoms with Gasteiger partial charge < -0.3 is 19.8 Å². The molecule has 31 heavy (non-hydrogen) atoms. The first-order valence-corrected chi connectivity index (χ1v) is 10.6. The number of carbonyl (C=O) groups is 1. The molecule has 0 saturated carbocycles. The van der Waals surface area contributed by atoms with Crippen molar-refractivity contribution in [1.82, 2.24) is 9.80 Å². The maximum atomic E-state index is 13.2. The van der Waals surface area contributed by atoms with E-state index in [9.17, 15) is 19.4 Å². The van der Waals surface area contributed by atoms with E-state index in [1.54, 1.807) is 24.3 Å². The molecule has 2 N–H and O–H groups in total. The lowest BCUT2D eigenvalue weighted by Gasteiger charge is -2.44. The van der Waals surface area contributed by atoms with Gasteiger partial charge >= 0.3 is 0 Å². The molecule has 1 aliphatic heterocycles. The molecule has 0 aliphatic carbocycles. The number of hydrogen-bond donors (Lipinski definition) is 2. The third-order valence-corrected chi connectivity index (χ3v) is 5.80. The van der Waals surface area contributed by atoms with Gasteiger partial charge in [-0.15, -0.1) is 0 Å². The predicted molar refractivity (Wildman–Crippen MR) is 116 cm³/mol. The van der Waals surface area contributed by atoms with Crippen LogP contribution in [0.25, 0.3) is 0 Å². The lowest BCUT2D eigenvalue weighted by Crippen LogP contribution is -2.58. The molecule has 168 valence electrons. The van der Waals surface area contributed by atoms with Gasteiger partial charge in [-0.3, -0.25) is 9.69 Å². The van der Waals surface area contributed by atoms with Crippen molar-refractivity contribution in [2.24, 2.45) is 0 Å². The Morgan fingerprint density at radius 3 is 2.26 bits per heavy atom. The van der Waals surface area contributed by atoms with Crippen LogP contribution in [-0.2, 0) is 24.6 Å². The van der Waals surface area contributed by atoms with Crippen molar-refractivity contribution in [2.75, 3.05) is 19.7 Å². The van der Waals surface area contributed by atoms with E-state index in [1.165, 1.54) is 12.1 Å². The fourth-order valence-electron chi connectivity index (χ4n) is 4.16. The molecule has 2 atom stereocenters. The minimum Gasteiger partial charge on any atom is -0.483 e. The van der Waals surface area contributed by atoms with E-state index in [-0.39, 0.29) is 43.6 Å². The van der Waals surface area contributed by atoms with E-state index in [4.69, 9.17) is 4.74 Å². The van der Waals surface area contributed by atoms with Crippen LogP contribution in [0.5, 0.6) is 5.75 Å². The number of rotatable bonds is 7. The lowest BCUT2D eigenvalue weighted by atomic mass is 10.1. The van der Waals surface area contributed by atoms with Crippen molar-refractivity contribution in [3.8, 4) is 5.75 Å². The second kappa shape index (κ2) is 10.2. The Labute approximate surface area is 182 Å². The van der Waals surface area contributed by atoms with Crippen molar-refractivity contribution in [3.63, 3.8) is 0 Å². The van der Waals surface area contributed by atoms with Crippen LogP contribution in [0, 0.1) is 12.7 Å². The fourth-order valence-corrected chi connectivity index (χ4v) is 4.16. The standard InChI is InChI=1S/C24H31FN2O4/c1-16-8-20(13-28)24(21(9-16)14-29)31-15-23(30)27-11-17(2)26(10-18(27)3)12-19-4-6-22(25)7-5-19/h4-9,17-18,28-29H,10-15H2,1-3H3. The van der Waals surface area contributed by atoms with Crippen LogP contribution in [0.1, 0.15) is 36.1 Å². The monoisotopic (exact) mass is 430 g/mol. The molecule has 2 aromatic carbocycles. The van der Waals surface area contributed by atoms with Gasteiger partial charge in [-0.1, -0.05) is 29.8 Å². The number of piperazine rings is 1. The number of ether oxygens (including phenoxy) is 1. The summed E-state index contributed by atoms with van der Waals surface area (Å²) in [4.78, 5) is 17.0. The van der Waals surface area contributed by atoms with Crippen molar-refractivity contribution >= 4 is 5.91 Å². The highest BCUT2D eigenvalue weighted by atomic mass is 19.1. The Balaban J connectivity index is 1.62. The summed E-state index contributed by atoms with van der Waals surface area (Å²) in [5, 5.41) is 19.3. The number of aliphatic hydroxyl groups excluding tert-OH is 2. The number of hydrogen-bond acceptors (Lipinski definition) is 5. The summed E-state index contributed by atoms with van der Waals surface area (Å²) in [7, 11) is 0. The summed E-state index contributed by atoms with van der Waals surface area (Å²) >= 11 is 0. The van der Waals surface area contributed by atoms with Crippen LogP contribution in [0.4, 0.5) is 4.39 Å². The van der Waals surface area contributed by atoms with Crippen LogP contribution >= 0.6 is 0 Å². The lowest BCUT2D eigenvalue weighted by molar-refractivity contribution is -0.139. The van der Waals surface area contributed by atoms with Gasteiger partial charge in [0, 0.05) is 42.8 Å². The van der Waals surface area contributed by atoms with Crippen molar-refractivity contribution in [2.45, 2.75) is 52.6 Å². The van der Waals surface area contributed by atoms with Gasteiger partial charge in [0.05, 0.1) is 13.2 Å². The van der Waals surface area contributed by atoms with Crippen LogP contribution in [0.3, 0.4) is 0 Å². The highest BCUT2D eigenvalue weighted by Crippen LogP contribution is 2.27. The molecule has 0 spiro atoms. The Morgan fingerprint density at radius 1 is 1.06 bits per heavy atom. The number of aliphatic hydroxyl groups is 2. The average Bonchev–Trinajstić information content (AvgIpc) is 2.75. The number of nitrogens with zero attached hydrogens (tertiary/aromatic N) is 2. The quantitative estimate of drug-likeness (QED) is 0.707. The minimum absolute atomic E-state index is 0.000362. The molecule has 0 bridgehead atoms. The van der Waals surface area contributed by atoms with E-state index < -0.39 is 0 Å². The molecule has 0 radical (unpaired) electrons. The molecule has 2 unspecified atom stereocenters. The van der Waals surface area contributed by atoms with E-state index >= 15 is 0 Å². The Hall–Kier alpha value is -2.48. The van der Waals surface area contributed by atoms with Gasteiger partial charge in [-0.2, -0.15) is 0 Å². The third kappa shape index (κ3) is 5.61. The normalized spacial score (nSPS) is 19.5. The smallest absolute Gasteiger partial charge is 0.260 e. The molecule has 7 heteroatoms. The van der Waals surface area contributed by atoms with E-state index in [1.807, 2.05) is 18.7 Å². The van der Waals surface area contributed by atoms with Crippen LogP contribution in [0.15, 0.2) is 36.4 Å². The van der Waals surface area contributed by atoms with Gasteiger partial charge in [0.15, 0.2) is 6.61 Å². The molecule has 1 amide bonds. The maximum absolute atomic E-state index is 13.2. The molecule has 3 rings (SSSR count). The third-order valence-electron chi connectivity index (χ3n) is 5.80. The topological polar surface area (TPSA) is 73.2 Å². The van der Waals surface area contributed by atoms with Crippen LogP contribution in [0.2, 0.25) is 0 Å². The molecule has 1 saturated heterocycles. The molecule has 1 heterocycles. The summed E-state index contributed by atoms with van der Waals surface area (Å²) in [5.74, 6) is -0.00314. The average molecular weight is 431 g/mol. The van der Waals surface area contributed by atoms with Gasteiger partial charge in [-0.05, 0) is 38.5 Å². The number of halogens is 1. The molecule has 1 aliphatic rings. The summed E-state index contributed by atoms with van der Waals surface area (Å²) in [6.07, 6.45) is 0.